The first-order chi connectivity index (χ1) is 25.3. The summed E-state index contributed by atoms with van der Waals surface area (Å²) in [5, 5.41) is 0. The molecule has 0 rings (SSSR count). The molecular formula is C45H90N3O9P. The topological polar surface area (TPSA) is 124 Å². The first-order valence-electron chi connectivity index (χ1n) is 21.2. The van der Waals surface area contributed by atoms with Crippen molar-refractivity contribution >= 4 is 25.6 Å². The van der Waals surface area contributed by atoms with E-state index in [9.17, 15) is 18.9 Å². The van der Waals surface area contributed by atoms with Gasteiger partial charge in [0.1, 0.15) is 29.1 Å². The minimum absolute atomic E-state index is 0.0258. The number of hydrogen-bond acceptors (Lipinski definition) is 11. The molecule has 0 aliphatic rings. The zero-order valence-corrected chi connectivity index (χ0v) is 42.7. The third-order valence-corrected chi connectivity index (χ3v) is 10.3. The molecule has 344 valence electrons. The van der Waals surface area contributed by atoms with E-state index in [1.54, 1.807) is 62.3 Å². The van der Waals surface area contributed by atoms with Gasteiger partial charge in [0.2, 0.25) is 0 Å². The van der Waals surface area contributed by atoms with Gasteiger partial charge in [0.15, 0.2) is 0 Å². The van der Waals surface area contributed by atoms with Crippen LogP contribution in [0, 0.1) is 16.2 Å². The Morgan fingerprint density at radius 2 is 0.966 bits per heavy atom. The molecule has 0 aromatic carbocycles. The van der Waals surface area contributed by atoms with Crippen LogP contribution in [0.4, 0.5) is 4.79 Å². The summed E-state index contributed by atoms with van der Waals surface area (Å²) >= 11 is 0. The Morgan fingerprint density at radius 3 is 1.33 bits per heavy atom. The zero-order chi connectivity index (χ0) is 46.3. The van der Waals surface area contributed by atoms with E-state index in [0.717, 1.165) is 13.0 Å². The lowest BCUT2D eigenvalue weighted by molar-refractivity contribution is -0.168. The molecule has 2 unspecified atom stereocenters. The van der Waals surface area contributed by atoms with Crippen LogP contribution in [-0.4, -0.2) is 112 Å². The third-order valence-electron chi connectivity index (χ3n) is 7.95. The van der Waals surface area contributed by atoms with Gasteiger partial charge >= 0.3 is 25.6 Å². The molecule has 0 aliphatic carbocycles. The van der Waals surface area contributed by atoms with Crippen molar-refractivity contribution in [3.05, 3.63) is 0 Å². The summed E-state index contributed by atoms with van der Waals surface area (Å²) in [5.74, 6) is -1.43. The van der Waals surface area contributed by atoms with Crippen LogP contribution >= 0.6 is 7.60 Å². The molecule has 0 saturated heterocycles. The fourth-order valence-electron chi connectivity index (χ4n) is 6.37. The van der Waals surface area contributed by atoms with Crippen LogP contribution in [0.5, 0.6) is 0 Å². The lowest BCUT2D eigenvalue weighted by Crippen LogP contribution is -2.54. The number of amides is 1. The Kier molecular flexibility index (Phi) is 19.8. The predicted molar refractivity (Wildman–Crippen MR) is 237 cm³/mol. The highest BCUT2D eigenvalue weighted by atomic mass is 31.2. The Labute approximate surface area is 356 Å². The molecule has 0 fully saturated rings. The van der Waals surface area contributed by atoms with Crippen molar-refractivity contribution in [1.29, 1.82) is 0 Å². The predicted octanol–water partition coefficient (Wildman–Crippen LogP) is 10.9. The minimum Gasteiger partial charge on any atom is -0.460 e. The lowest BCUT2D eigenvalue weighted by atomic mass is 9.75. The van der Waals surface area contributed by atoms with Gasteiger partial charge in [-0.2, -0.15) is 0 Å². The Hall–Kier alpha value is -1.72. The first kappa shape index (κ1) is 56.3. The van der Waals surface area contributed by atoms with Crippen LogP contribution in [0.1, 0.15) is 179 Å². The SMILES string of the molecule is CC(C)(C)CC(N(CCN(CCN(C(=O)OC(C)(C)C)C(CC(=O)OC(C)(C)C)C(=O)OC(C)(C)C)CP(=O)(OC(C)(C)C)OC(C)(C)C)CC(C)(C)C)C(C)(C)C. The normalized spacial score (nSPS) is 15.3. The number of hydrogen-bond donors (Lipinski definition) is 0. The quantitative estimate of drug-likeness (QED) is 0.0789. The highest BCUT2D eigenvalue weighted by molar-refractivity contribution is 7.53. The molecule has 0 aromatic heterocycles. The van der Waals surface area contributed by atoms with Crippen LogP contribution in [0.15, 0.2) is 0 Å². The van der Waals surface area contributed by atoms with Crippen molar-refractivity contribution < 1.29 is 42.2 Å². The number of carbonyl (C=O) groups is 3. The van der Waals surface area contributed by atoms with Crippen molar-refractivity contribution in [2.24, 2.45) is 16.2 Å². The standard InChI is InChI=1S/C45H90N3O9P/c1-38(2,3)30-34(40(7,8)9)47(31-39(4,5)6)27-25-46(32-58(52,56-44(19,20)21)57-45(22,23)24)26-28-48(37(51)55-43(16,17)18)33(36(50)54-42(13,14)15)29-35(49)53-41(10,11)12/h33-34H,25-32H2,1-24H3. The summed E-state index contributed by atoms with van der Waals surface area (Å²) in [6, 6.07) is -1.16. The summed E-state index contributed by atoms with van der Waals surface area (Å²) in [6.07, 6.45) is -0.376. The zero-order valence-electron chi connectivity index (χ0n) is 41.8. The molecule has 0 heterocycles. The highest BCUT2D eigenvalue weighted by Crippen LogP contribution is 2.54. The fraction of sp³-hybridized carbons (Fsp3) is 0.933. The van der Waals surface area contributed by atoms with Gasteiger partial charge in [-0.15, -0.1) is 0 Å². The fourth-order valence-corrected chi connectivity index (χ4v) is 8.97. The second-order valence-electron chi connectivity index (χ2n) is 24.5. The van der Waals surface area contributed by atoms with Crippen molar-refractivity contribution in [3.8, 4) is 0 Å². The van der Waals surface area contributed by atoms with Gasteiger partial charge in [-0.1, -0.05) is 62.3 Å². The van der Waals surface area contributed by atoms with E-state index < -0.39 is 66.1 Å². The summed E-state index contributed by atoms with van der Waals surface area (Å²) in [5.41, 5.74) is -4.28. The molecule has 2 atom stereocenters. The van der Waals surface area contributed by atoms with E-state index in [-0.39, 0.29) is 41.7 Å². The van der Waals surface area contributed by atoms with E-state index >= 15 is 0 Å². The average Bonchev–Trinajstić information content (AvgIpc) is 2.86. The molecule has 0 spiro atoms. The molecule has 58 heavy (non-hydrogen) atoms. The third kappa shape index (κ3) is 26.5. The van der Waals surface area contributed by atoms with Crippen molar-refractivity contribution in [2.75, 3.05) is 39.0 Å². The second kappa shape index (κ2) is 20.4. The molecule has 0 radical (unpaired) electrons. The number of ether oxygens (including phenoxy) is 3. The lowest BCUT2D eigenvalue weighted by Gasteiger charge is -2.46. The van der Waals surface area contributed by atoms with Gasteiger partial charge < -0.3 is 23.3 Å². The Morgan fingerprint density at radius 1 is 0.534 bits per heavy atom. The van der Waals surface area contributed by atoms with Gasteiger partial charge in [-0.25, -0.2) is 9.59 Å². The smallest absolute Gasteiger partial charge is 0.411 e. The maximum atomic E-state index is 14.9. The Balaban J connectivity index is 7.59. The van der Waals surface area contributed by atoms with Gasteiger partial charge in [-0.3, -0.25) is 24.1 Å². The molecular weight excluding hydrogens is 757 g/mol. The highest BCUT2D eigenvalue weighted by Gasteiger charge is 2.42. The molecule has 1 amide bonds. The first-order valence-corrected chi connectivity index (χ1v) is 22.9. The van der Waals surface area contributed by atoms with Crippen LogP contribution in [0.2, 0.25) is 0 Å². The van der Waals surface area contributed by atoms with Gasteiger partial charge in [0.05, 0.1) is 17.6 Å². The van der Waals surface area contributed by atoms with Gasteiger partial charge in [-0.05, 0) is 127 Å². The largest absolute Gasteiger partial charge is 0.460 e. The molecule has 0 bridgehead atoms. The summed E-state index contributed by atoms with van der Waals surface area (Å²) in [4.78, 5) is 47.3. The summed E-state index contributed by atoms with van der Waals surface area (Å²) in [6.45, 7) is 48.9. The maximum Gasteiger partial charge on any atom is 0.411 e. The maximum absolute atomic E-state index is 14.9. The molecule has 0 N–H and O–H groups in total. The van der Waals surface area contributed by atoms with E-state index in [0.29, 0.717) is 13.1 Å². The molecule has 0 aliphatic heterocycles. The second-order valence-corrected chi connectivity index (χ2v) is 26.3. The molecule has 0 saturated carbocycles. The van der Waals surface area contributed by atoms with E-state index in [1.807, 2.05) is 46.4 Å². The van der Waals surface area contributed by atoms with Crippen molar-refractivity contribution in [1.82, 2.24) is 14.7 Å². The van der Waals surface area contributed by atoms with Gasteiger partial charge in [0, 0.05) is 38.8 Å². The molecule has 0 aromatic rings. The van der Waals surface area contributed by atoms with Crippen LogP contribution < -0.4 is 0 Å². The number of rotatable bonds is 17. The van der Waals surface area contributed by atoms with Crippen molar-refractivity contribution in [3.63, 3.8) is 0 Å². The Bertz CT molecular complexity index is 1340. The van der Waals surface area contributed by atoms with Gasteiger partial charge in [0.25, 0.3) is 0 Å². The van der Waals surface area contributed by atoms with Crippen LogP contribution in [-0.2, 0) is 37.4 Å². The van der Waals surface area contributed by atoms with Crippen molar-refractivity contribution in [2.45, 2.75) is 219 Å². The summed E-state index contributed by atoms with van der Waals surface area (Å²) < 4.78 is 44.8. The molecule has 13 heteroatoms. The van der Waals surface area contributed by atoms with E-state index in [2.05, 4.69) is 67.2 Å². The minimum atomic E-state index is -3.84. The number of nitrogens with zero attached hydrogens (tertiary/aromatic N) is 3. The summed E-state index contributed by atoms with van der Waals surface area (Å²) in [7, 11) is -3.84. The number of carbonyl (C=O) groups excluding carboxylic acids is 3. The monoisotopic (exact) mass is 848 g/mol. The van der Waals surface area contributed by atoms with E-state index in [4.69, 9.17) is 23.3 Å². The van der Waals surface area contributed by atoms with Crippen LogP contribution in [0.3, 0.4) is 0 Å². The number of esters is 2. The van der Waals surface area contributed by atoms with E-state index in [1.165, 1.54) is 4.90 Å². The van der Waals surface area contributed by atoms with Crippen LogP contribution in [0.25, 0.3) is 0 Å². The average molecular weight is 848 g/mol. The molecule has 12 nitrogen and oxygen atoms in total.